The van der Waals surface area contributed by atoms with Crippen molar-refractivity contribution in [1.29, 1.82) is 0 Å². The van der Waals surface area contributed by atoms with Crippen molar-refractivity contribution < 1.29 is 4.74 Å². The molecule has 1 unspecified atom stereocenters. The molecule has 0 radical (unpaired) electrons. The normalized spacial score (nSPS) is 20.8. The van der Waals surface area contributed by atoms with E-state index in [1.165, 1.54) is 13.1 Å². The number of halogens is 1. The minimum Gasteiger partial charge on any atom is -0.490 e. The van der Waals surface area contributed by atoms with Crippen LogP contribution in [0.2, 0.25) is 0 Å². The number of aliphatic imine (C=N–C) groups is 1. The fourth-order valence-corrected chi connectivity index (χ4v) is 4.10. The average molecular weight is 515 g/mol. The number of piperidine rings is 1. The molecule has 2 fully saturated rings. The number of hydrogen-bond donors (Lipinski definition) is 1. The Balaban J connectivity index is 0.00000300. The molecule has 0 aromatic heterocycles. The number of guanidine groups is 1. The maximum Gasteiger partial charge on any atom is 0.193 e. The highest BCUT2D eigenvalue weighted by molar-refractivity contribution is 14.0. The van der Waals surface area contributed by atoms with E-state index < -0.39 is 0 Å². The summed E-state index contributed by atoms with van der Waals surface area (Å²) in [5, 5.41) is 3.61. The van der Waals surface area contributed by atoms with E-state index in [4.69, 9.17) is 4.74 Å². The number of para-hydroxylation sites is 1. The molecule has 1 aromatic carbocycles. The van der Waals surface area contributed by atoms with Crippen molar-refractivity contribution in [3.05, 3.63) is 30.3 Å². The van der Waals surface area contributed by atoms with E-state index in [0.717, 1.165) is 63.8 Å². The minimum absolute atomic E-state index is 0. The molecule has 164 valence electrons. The van der Waals surface area contributed by atoms with Crippen molar-refractivity contribution in [3.63, 3.8) is 0 Å². The van der Waals surface area contributed by atoms with Gasteiger partial charge < -0.3 is 19.9 Å². The zero-order valence-corrected chi connectivity index (χ0v) is 20.5. The van der Waals surface area contributed by atoms with Crippen LogP contribution in [-0.4, -0.2) is 92.2 Å². The number of likely N-dealkylation sites (tertiary alicyclic amines) is 1. The second kappa shape index (κ2) is 12.6. The van der Waals surface area contributed by atoms with Gasteiger partial charge in [0.15, 0.2) is 5.96 Å². The zero-order chi connectivity index (χ0) is 19.8. The molecule has 2 aliphatic rings. The monoisotopic (exact) mass is 515 g/mol. The number of ether oxygens (including phenoxy) is 1. The van der Waals surface area contributed by atoms with Gasteiger partial charge in [0.1, 0.15) is 11.9 Å². The first-order chi connectivity index (χ1) is 13.7. The standard InChI is InChI=1S/C22H37N5O.HI/c1-4-25-14-16-26(17-15-25)19(2)18-24-22(23-3)27-12-10-21(11-13-27)28-20-8-6-5-7-9-20;/h5-9,19,21H,4,10-18H2,1-3H3,(H,23,24);1H. The molecule has 1 N–H and O–H groups in total. The predicted octanol–water partition coefficient (Wildman–Crippen LogP) is 2.75. The molecule has 0 amide bonds. The Kier molecular flexibility index (Phi) is 10.5. The predicted molar refractivity (Wildman–Crippen MR) is 132 cm³/mol. The zero-order valence-electron chi connectivity index (χ0n) is 18.2. The van der Waals surface area contributed by atoms with Crippen LogP contribution in [0.4, 0.5) is 0 Å². The van der Waals surface area contributed by atoms with Crippen molar-refractivity contribution in [1.82, 2.24) is 20.0 Å². The number of piperazine rings is 1. The molecule has 0 bridgehead atoms. The van der Waals surface area contributed by atoms with E-state index >= 15 is 0 Å². The molecule has 3 rings (SSSR count). The van der Waals surface area contributed by atoms with Crippen molar-refractivity contribution in [3.8, 4) is 5.75 Å². The van der Waals surface area contributed by atoms with Crippen LogP contribution in [0.15, 0.2) is 35.3 Å². The third-order valence-corrected chi connectivity index (χ3v) is 6.03. The number of benzene rings is 1. The fraction of sp³-hybridized carbons (Fsp3) is 0.682. The summed E-state index contributed by atoms with van der Waals surface area (Å²) in [5.41, 5.74) is 0. The maximum absolute atomic E-state index is 6.11. The van der Waals surface area contributed by atoms with Gasteiger partial charge in [-0.2, -0.15) is 0 Å². The van der Waals surface area contributed by atoms with Crippen LogP contribution in [0.5, 0.6) is 5.75 Å². The number of hydrogen-bond acceptors (Lipinski definition) is 4. The third kappa shape index (κ3) is 7.29. The Labute approximate surface area is 193 Å². The fourth-order valence-electron chi connectivity index (χ4n) is 4.10. The first-order valence-corrected chi connectivity index (χ1v) is 10.8. The Bertz CT molecular complexity index is 598. The SMILES string of the molecule is CCN1CCN(C(C)CNC(=NC)N2CCC(Oc3ccccc3)CC2)CC1.I. The highest BCUT2D eigenvalue weighted by Crippen LogP contribution is 2.18. The lowest BCUT2D eigenvalue weighted by Crippen LogP contribution is -2.54. The molecule has 0 spiro atoms. The van der Waals surface area contributed by atoms with Crippen LogP contribution in [0.25, 0.3) is 0 Å². The summed E-state index contributed by atoms with van der Waals surface area (Å²) in [5.74, 6) is 2.00. The van der Waals surface area contributed by atoms with Crippen molar-refractivity contribution in [2.24, 2.45) is 4.99 Å². The molecular weight excluding hydrogens is 477 g/mol. The van der Waals surface area contributed by atoms with Crippen molar-refractivity contribution in [2.75, 3.05) is 59.4 Å². The van der Waals surface area contributed by atoms with Crippen molar-refractivity contribution >= 4 is 29.9 Å². The molecule has 6 nitrogen and oxygen atoms in total. The smallest absolute Gasteiger partial charge is 0.193 e. The quantitative estimate of drug-likeness (QED) is 0.359. The van der Waals surface area contributed by atoms with Gasteiger partial charge in [0.25, 0.3) is 0 Å². The molecule has 29 heavy (non-hydrogen) atoms. The summed E-state index contributed by atoms with van der Waals surface area (Å²) in [6.07, 6.45) is 2.36. The topological polar surface area (TPSA) is 43.3 Å². The molecule has 1 aromatic rings. The van der Waals surface area contributed by atoms with Gasteiger partial charge in [-0.3, -0.25) is 9.89 Å². The van der Waals surface area contributed by atoms with Gasteiger partial charge in [-0.1, -0.05) is 25.1 Å². The first kappa shape index (κ1) is 24.2. The summed E-state index contributed by atoms with van der Waals surface area (Å²) < 4.78 is 6.11. The molecule has 0 aliphatic carbocycles. The van der Waals surface area contributed by atoms with E-state index in [0.29, 0.717) is 12.1 Å². The second-order valence-electron chi connectivity index (χ2n) is 7.86. The highest BCUT2D eigenvalue weighted by Gasteiger charge is 2.24. The molecule has 2 aliphatic heterocycles. The molecule has 1 atom stereocenters. The van der Waals surface area contributed by atoms with Gasteiger partial charge in [-0.25, -0.2) is 0 Å². The lowest BCUT2D eigenvalue weighted by Gasteiger charge is -2.38. The highest BCUT2D eigenvalue weighted by atomic mass is 127. The number of nitrogens with one attached hydrogen (secondary N) is 1. The van der Waals surface area contributed by atoms with Gasteiger partial charge in [-0.05, 0) is 25.6 Å². The minimum atomic E-state index is 0. The summed E-state index contributed by atoms with van der Waals surface area (Å²) in [7, 11) is 1.89. The second-order valence-corrected chi connectivity index (χ2v) is 7.86. The molecule has 2 heterocycles. The van der Waals surface area contributed by atoms with Crippen LogP contribution in [-0.2, 0) is 0 Å². The van der Waals surface area contributed by atoms with Crippen LogP contribution < -0.4 is 10.1 Å². The van der Waals surface area contributed by atoms with Gasteiger partial charge in [0.05, 0.1) is 0 Å². The van der Waals surface area contributed by atoms with E-state index in [2.05, 4.69) is 38.9 Å². The molecule has 7 heteroatoms. The Morgan fingerprint density at radius 2 is 1.76 bits per heavy atom. The van der Waals surface area contributed by atoms with E-state index in [1.54, 1.807) is 0 Å². The summed E-state index contributed by atoms with van der Waals surface area (Å²) in [4.78, 5) is 12.0. The van der Waals surface area contributed by atoms with E-state index in [-0.39, 0.29) is 24.0 Å². The van der Waals surface area contributed by atoms with Gasteiger partial charge in [0, 0.05) is 71.7 Å². The molecular formula is C22H38IN5O. The maximum atomic E-state index is 6.11. The summed E-state index contributed by atoms with van der Waals surface area (Å²) >= 11 is 0. The van der Waals surface area contributed by atoms with E-state index in [1.807, 2.05) is 37.4 Å². The summed E-state index contributed by atoms with van der Waals surface area (Å²) in [6.45, 7) is 13.3. The van der Waals surface area contributed by atoms with Crippen molar-refractivity contribution in [2.45, 2.75) is 38.8 Å². The molecule has 2 saturated heterocycles. The lowest BCUT2D eigenvalue weighted by atomic mass is 10.1. The Hall–Kier alpha value is -1.06. The first-order valence-electron chi connectivity index (χ1n) is 10.8. The van der Waals surface area contributed by atoms with Crippen LogP contribution >= 0.6 is 24.0 Å². The van der Waals surface area contributed by atoms with Gasteiger partial charge >= 0.3 is 0 Å². The van der Waals surface area contributed by atoms with Gasteiger partial charge in [-0.15, -0.1) is 24.0 Å². The van der Waals surface area contributed by atoms with Crippen LogP contribution in [0.3, 0.4) is 0 Å². The van der Waals surface area contributed by atoms with Gasteiger partial charge in [0.2, 0.25) is 0 Å². The molecule has 0 saturated carbocycles. The Morgan fingerprint density at radius 3 is 2.34 bits per heavy atom. The van der Waals surface area contributed by atoms with Crippen LogP contribution in [0.1, 0.15) is 26.7 Å². The number of rotatable bonds is 6. The number of nitrogens with zero attached hydrogens (tertiary/aromatic N) is 4. The van der Waals surface area contributed by atoms with E-state index in [9.17, 15) is 0 Å². The third-order valence-electron chi connectivity index (χ3n) is 6.03. The summed E-state index contributed by atoms with van der Waals surface area (Å²) in [6, 6.07) is 10.7. The number of likely N-dealkylation sites (N-methyl/N-ethyl adjacent to an activating group) is 1. The largest absolute Gasteiger partial charge is 0.490 e. The van der Waals surface area contributed by atoms with Crippen LogP contribution in [0, 0.1) is 0 Å². The lowest BCUT2D eigenvalue weighted by molar-refractivity contribution is 0.106. The Morgan fingerprint density at radius 1 is 1.10 bits per heavy atom. The average Bonchev–Trinajstić information content (AvgIpc) is 2.76.